The van der Waals surface area contributed by atoms with Crippen molar-refractivity contribution in [2.24, 2.45) is 0 Å². The van der Waals surface area contributed by atoms with E-state index in [2.05, 4.69) is 105 Å². The van der Waals surface area contributed by atoms with E-state index in [0.717, 1.165) is 0 Å². The van der Waals surface area contributed by atoms with Gasteiger partial charge in [-0.3, -0.25) is 4.90 Å². The van der Waals surface area contributed by atoms with Gasteiger partial charge in [-0.15, -0.1) is 0 Å². The molecule has 0 radical (unpaired) electrons. The van der Waals surface area contributed by atoms with Gasteiger partial charge < -0.3 is 18.8 Å². The quantitative estimate of drug-likeness (QED) is 0.304. The van der Waals surface area contributed by atoms with Gasteiger partial charge in [0.1, 0.15) is 12.3 Å². The Hall–Kier alpha value is -2.63. The number of halogens is 2. The van der Waals surface area contributed by atoms with Gasteiger partial charge in [0.2, 0.25) is 11.2 Å². The zero-order chi connectivity index (χ0) is 32.6. The predicted octanol–water partition coefficient (Wildman–Crippen LogP) is 5.29. The summed E-state index contributed by atoms with van der Waals surface area (Å²) in [4.78, 5) is 17.7. The summed E-state index contributed by atoms with van der Waals surface area (Å²) >= 11 is 6.50. The van der Waals surface area contributed by atoms with Crippen molar-refractivity contribution in [2.75, 3.05) is 38.3 Å². The first kappa shape index (κ1) is 33.7. The molecule has 1 unspecified atom stereocenters. The molecule has 0 aliphatic carbocycles. The molecule has 2 aliphatic rings. The fourth-order valence-electron chi connectivity index (χ4n) is 6.87. The fourth-order valence-corrected chi connectivity index (χ4v) is 11.8. The average Bonchev–Trinajstić information content (AvgIpc) is 3.26. The number of hydrogen-bond donors (Lipinski definition) is 0. The maximum absolute atomic E-state index is 14.1. The summed E-state index contributed by atoms with van der Waals surface area (Å²) in [6, 6.07) is 21.2. The largest absolute Gasteiger partial charge is 0.459 e. The first-order chi connectivity index (χ1) is 21.1. The average molecular weight is 656 g/mol. The molecule has 2 fully saturated rings. The van der Waals surface area contributed by atoms with Crippen LogP contribution in [0.25, 0.3) is 0 Å². The number of ether oxygens (including phenoxy) is 2. The molecule has 11 heteroatoms. The van der Waals surface area contributed by atoms with Crippen LogP contribution in [0.2, 0.25) is 10.3 Å². The summed E-state index contributed by atoms with van der Waals surface area (Å²) < 4.78 is 34.3. The minimum Gasteiger partial charge on any atom is -0.459 e. The lowest BCUT2D eigenvalue weighted by Crippen LogP contribution is -2.71. The minimum absolute atomic E-state index is 0.0286. The predicted molar refractivity (Wildman–Crippen MR) is 180 cm³/mol. The number of alkyl halides is 1. The summed E-state index contributed by atoms with van der Waals surface area (Å²) in [5.74, 6) is 0.383. The second-order valence-electron chi connectivity index (χ2n) is 14.5. The van der Waals surface area contributed by atoms with Crippen LogP contribution in [0, 0.1) is 0 Å². The number of anilines is 1. The van der Waals surface area contributed by atoms with Crippen LogP contribution in [0.5, 0.6) is 6.01 Å². The number of likely N-dealkylation sites (tertiary alicyclic amines) is 1. The maximum Gasteiger partial charge on any atom is 0.322 e. The van der Waals surface area contributed by atoms with E-state index in [1.165, 1.54) is 10.4 Å². The Morgan fingerprint density at radius 1 is 0.978 bits per heavy atom. The van der Waals surface area contributed by atoms with Gasteiger partial charge in [-0.25, -0.2) is 4.39 Å². The van der Waals surface area contributed by atoms with E-state index in [4.69, 9.17) is 30.5 Å². The standard InChI is InChI=1S/C34H47ClFN5O3Si/c1-24(28-19-25(36)20-40(28)8)43-31-38-29(35)37-30(39-31)41-21-34(7,23-42-22-33(41,5)6)44-45(32(2,3)4,26-15-11-9-12-16-26)27-17-13-10-14-18-27/h9-18,24-25,28H,19-23H2,1-8H3/t24-,25+,28-,34?/m0/s1. The molecule has 1 aromatic heterocycles. The number of likely N-dealkylation sites (N-methyl/N-ethyl adjacent to an activating group) is 1. The normalized spacial score (nSPS) is 25.2. The Balaban J connectivity index is 1.53. The summed E-state index contributed by atoms with van der Waals surface area (Å²) in [6.45, 7) is 16.7. The van der Waals surface area contributed by atoms with Crippen molar-refractivity contribution in [3.63, 3.8) is 0 Å². The van der Waals surface area contributed by atoms with Crippen LogP contribution in [0.15, 0.2) is 60.7 Å². The van der Waals surface area contributed by atoms with E-state index in [9.17, 15) is 4.39 Å². The molecule has 0 bridgehead atoms. The summed E-state index contributed by atoms with van der Waals surface area (Å²) in [7, 11) is -1.02. The summed E-state index contributed by atoms with van der Waals surface area (Å²) in [5.41, 5.74) is -1.26. The number of hydrogen-bond acceptors (Lipinski definition) is 8. The van der Waals surface area contributed by atoms with Crippen molar-refractivity contribution in [3.05, 3.63) is 65.9 Å². The topological polar surface area (TPSA) is 72.8 Å². The van der Waals surface area contributed by atoms with E-state index in [0.29, 0.717) is 38.7 Å². The van der Waals surface area contributed by atoms with Gasteiger partial charge in [-0.1, -0.05) is 81.4 Å². The molecule has 0 spiro atoms. The van der Waals surface area contributed by atoms with Gasteiger partial charge in [0.15, 0.2) is 0 Å². The zero-order valence-corrected chi connectivity index (χ0v) is 29.5. The molecule has 0 amide bonds. The Kier molecular flexibility index (Phi) is 9.65. The van der Waals surface area contributed by atoms with Crippen LogP contribution in [0.4, 0.5) is 10.3 Å². The molecule has 0 N–H and O–H groups in total. The van der Waals surface area contributed by atoms with Gasteiger partial charge in [0, 0.05) is 12.6 Å². The monoisotopic (exact) mass is 655 g/mol. The molecule has 45 heavy (non-hydrogen) atoms. The third-order valence-electron chi connectivity index (χ3n) is 9.10. The third kappa shape index (κ3) is 7.05. The lowest BCUT2D eigenvalue weighted by molar-refractivity contribution is -0.00552. The molecule has 2 aromatic carbocycles. The van der Waals surface area contributed by atoms with Crippen LogP contribution in [-0.2, 0) is 9.16 Å². The maximum atomic E-state index is 14.1. The van der Waals surface area contributed by atoms with E-state index >= 15 is 0 Å². The first-order valence-electron chi connectivity index (χ1n) is 15.7. The molecule has 2 aliphatic heterocycles. The van der Waals surface area contributed by atoms with Crippen molar-refractivity contribution in [1.29, 1.82) is 0 Å². The lowest BCUT2D eigenvalue weighted by atomic mass is 10.0. The van der Waals surface area contributed by atoms with E-state index in [1.54, 1.807) is 0 Å². The van der Waals surface area contributed by atoms with Crippen molar-refractivity contribution < 1.29 is 18.3 Å². The zero-order valence-electron chi connectivity index (χ0n) is 27.8. The minimum atomic E-state index is -2.93. The second kappa shape index (κ2) is 12.9. The summed E-state index contributed by atoms with van der Waals surface area (Å²) in [6.07, 6.45) is -0.821. The first-order valence-corrected chi connectivity index (χ1v) is 18.0. The van der Waals surface area contributed by atoms with Crippen molar-refractivity contribution in [2.45, 2.75) is 89.4 Å². The van der Waals surface area contributed by atoms with Gasteiger partial charge in [0.05, 0.1) is 30.9 Å². The third-order valence-corrected chi connectivity index (χ3v) is 14.5. The SMILES string of the molecule is C[C@H](Oc1nc(Cl)nc(N2CC(C)(O[Si](c3ccccc3)(c3ccccc3)C(C)(C)C)COCC2(C)C)n1)[C@@H]1C[C@@H](F)CN1C. The lowest BCUT2D eigenvalue weighted by Gasteiger charge is -2.49. The molecular formula is C34H47ClFN5O3Si. The summed E-state index contributed by atoms with van der Waals surface area (Å²) in [5, 5.41) is 2.20. The number of rotatable bonds is 8. The molecule has 4 atom stereocenters. The van der Waals surface area contributed by atoms with Crippen LogP contribution in [0.3, 0.4) is 0 Å². The van der Waals surface area contributed by atoms with E-state index in [1.807, 2.05) is 31.0 Å². The molecule has 3 aromatic rings. The Morgan fingerprint density at radius 2 is 1.58 bits per heavy atom. The van der Waals surface area contributed by atoms with Crippen LogP contribution < -0.4 is 20.0 Å². The van der Waals surface area contributed by atoms with Gasteiger partial charge in [0.25, 0.3) is 8.32 Å². The van der Waals surface area contributed by atoms with Crippen molar-refractivity contribution in [3.8, 4) is 6.01 Å². The van der Waals surface area contributed by atoms with Gasteiger partial charge in [-0.05, 0) is 68.2 Å². The highest BCUT2D eigenvalue weighted by Gasteiger charge is 2.55. The second-order valence-corrected chi connectivity index (χ2v) is 19.0. The molecule has 2 saturated heterocycles. The van der Waals surface area contributed by atoms with E-state index in [-0.39, 0.29) is 28.5 Å². The Morgan fingerprint density at radius 3 is 2.11 bits per heavy atom. The molecule has 3 heterocycles. The van der Waals surface area contributed by atoms with Crippen LogP contribution in [-0.4, -0.2) is 91.0 Å². The van der Waals surface area contributed by atoms with E-state index < -0.39 is 25.6 Å². The number of aromatic nitrogens is 3. The smallest absolute Gasteiger partial charge is 0.322 e. The van der Waals surface area contributed by atoms with Crippen LogP contribution in [0.1, 0.15) is 54.9 Å². The van der Waals surface area contributed by atoms with Crippen LogP contribution >= 0.6 is 11.6 Å². The van der Waals surface area contributed by atoms with Gasteiger partial charge >= 0.3 is 6.01 Å². The Labute approximate surface area is 273 Å². The Bertz CT molecular complexity index is 1410. The highest BCUT2D eigenvalue weighted by Crippen LogP contribution is 2.41. The molecule has 8 nitrogen and oxygen atoms in total. The number of nitrogens with zero attached hydrogens (tertiary/aromatic N) is 5. The van der Waals surface area contributed by atoms with Gasteiger partial charge in [-0.2, -0.15) is 15.0 Å². The highest BCUT2D eigenvalue weighted by atomic mass is 35.5. The van der Waals surface area contributed by atoms with Crippen molar-refractivity contribution in [1.82, 2.24) is 19.9 Å². The van der Waals surface area contributed by atoms with Crippen molar-refractivity contribution >= 4 is 36.2 Å². The number of benzene rings is 2. The molecular weight excluding hydrogens is 609 g/mol. The molecule has 5 rings (SSSR count). The fraction of sp³-hybridized carbons (Fsp3) is 0.559. The highest BCUT2D eigenvalue weighted by molar-refractivity contribution is 6.99. The molecule has 0 saturated carbocycles. The molecule has 244 valence electrons.